The van der Waals surface area contributed by atoms with Gasteiger partial charge in [0.2, 0.25) is 5.91 Å². The number of pyridine rings is 1. The van der Waals surface area contributed by atoms with Gasteiger partial charge in [0.05, 0.1) is 12.1 Å². The van der Waals surface area contributed by atoms with E-state index in [0.717, 1.165) is 18.8 Å². The van der Waals surface area contributed by atoms with Gasteiger partial charge in [0.1, 0.15) is 5.56 Å². The highest BCUT2D eigenvalue weighted by atomic mass is 35.5. The third kappa shape index (κ3) is 5.12. The molecule has 1 aromatic carbocycles. The number of carbonyl (C=O) groups is 2. The van der Waals surface area contributed by atoms with Gasteiger partial charge in [-0.2, -0.15) is 0 Å². The summed E-state index contributed by atoms with van der Waals surface area (Å²) in [5.74, 6) is -0.542. The van der Waals surface area contributed by atoms with Crippen LogP contribution in [0.5, 0.6) is 0 Å². The van der Waals surface area contributed by atoms with Crippen LogP contribution in [-0.4, -0.2) is 52.9 Å². The first-order valence-corrected chi connectivity index (χ1v) is 11.0. The summed E-state index contributed by atoms with van der Waals surface area (Å²) >= 11 is 7.29. The second-order valence-electron chi connectivity index (χ2n) is 7.04. The van der Waals surface area contributed by atoms with Gasteiger partial charge in [0.15, 0.2) is 5.13 Å². The predicted molar refractivity (Wildman–Crippen MR) is 121 cm³/mol. The summed E-state index contributed by atoms with van der Waals surface area (Å²) in [6, 6.07) is 10.7. The van der Waals surface area contributed by atoms with Gasteiger partial charge in [-0.15, -0.1) is 11.3 Å². The van der Waals surface area contributed by atoms with E-state index in [2.05, 4.69) is 20.2 Å². The average molecular weight is 458 g/mol. The SMILES string of the molecule is O=C(Nc1nc(CC(=O)N2CCN(c3cccc(Cl)c3)CC2)cs1)c1ccc[nH]c1=O. The molecular weight excluding hydrogens is 438 g/mol. The van der Waals surface area contributed by atoms with E-state index in [4.69, 9.17) is 11.6 Å². The van der Waals surface area contributed by atoms with Gasteiger partial charge in [0, 0.05) is 48.5 Å². The molecule has 10 heteroatoms. The maximum Gasteiger partial charge on any atom is 0.263 e. The van der Waals surface area contributed by atoms with Crippen LogP contribution in [0.15, 0.2) is 52.8 Å². The number of rotatable bonds is 5. The Labute approximate surface area is 187 Å². The van der Waals surface area contributed by atoms with Gasteiger partial charge >= 0.3 is 0 Å². The summed E-state index contributed by atoms with van der Waals surface area (Å²) in [6.07, 6.45) is 1.62. The van der Waals surface area contributed by atoms with Crippen LogP contribution >= 0.6 is 22.9 Å². The monoisotopic (exact) mass is 457 g/mol. The maximum absolute atomic E-state index is 12.7. The molecule has 4 rings (SSSR count). The average Bonchev–Trinajstić information content (AvgIpc) is 3.20. The van der Waals surface area contributed by atoms with Crippen LogP contribution in [0.3, 0.4) is 0 Å². The second kappa shape index (κ2) is 9.32. The van der Waals surface area contributed by atoms with Gasteiger partial charge < -0.3 is 14.8 Å². The Morgan fingerprint density at radius 3 is 2.71 bits per heavy atom. The number of aromatic nitrogens is 2. The first-order valence-electron chi connectivity index (χ1n) is 9.71. The molecule has 3 heterocycles. The van der Waals surface area contributed by atoms with Crippen molar-refractivity contribution in [2.24, 2.45) is 0 Å². The molecule has 8 nitrogen and oxygen atoms in total. The molecule has 3 aromatic rings. The third-order valence-electron chi connectivity index (χ3n) is 4.97. The Morgan fingerprint density at radius 1 is 1.16 bits per heavy atom. The first kappa shape index (κ1) is 21.1. The molecule has 0 atom stereocenters. The van der Waals surface area contributed by atoms with Crippen LogP contribution < -0.4 is 15.8 Å². The summed E-state index contributed by atoms with van der Waals surface area (Å²) in [5.41, 5.74) is 1.18. The number of hydrogen-bond acceptors (Lipinski definition) is 6. The highest BCUT2D eigenvalue weighted by Crippen LogP contribution is 2.21. The van der Waals surface area contributed by atoms with Gasteiger partial charge in [-0.1, -0.05) is 17.7 Å². The number of piperazine rings is 1. The molecule has 1 saturated heterocycles. The fourth-order valence-corrected chi connectivity index (χ4v) is 4.25. The van der Waals surface area contributed by atoms with Crippen molar-refractivity contribution < 1.29 is 9.59 Å². The van der Waals surface area contributed by atoms with Crippen LogP contribution in [0.1, 0.15) is 16.1 Å². The Balaban J connectivity index is 1.31. The van der Waals surface area contributed by atoms with Crippen LogP contribution in [0.25, 0.3) is 0 Å². The zero-order valence-corrected chi connectivity index (χ0v) is 18.1. The summed E-state index contributed by atoms with van der Waals surface area (Å²) < 4.78 is 0. The van der Waals surface area contributed by atoms with E-state index in [1.807, 2.05) is 29.2 Å². The van der Waals surface area contributed by atoms with Crippen LogP contribution in [0.4, 0.5) is 10.8 Å². The third-order valence-corrected chi connectivity index (χ3v) is 6.01. The minimum atomic E-state index is -0.536. The topological polar surface area (TPSA) is 98.4 Å². The van der Waals surface area contributed by atoms with Crippen molar-refractivity contribution in [1.29, 1.82) is 0 Å². The van der Waals surface area contributed by atoms with Crippen LogP contribution in [-0.2, 0) is 11.2 Å². The van der Waals surface area contributed by atoms with Gasteiger partial charge in [-0.05, 0) is 30.3 Å². The molecule has 1 fully saturated rings. The van der Waals surface area contributed by atoms with Crippen LogP contribution in [0, 0.1) is 0 Å². The minimum absolute atomic E-state index is 0.00609. The maximum atomic E-state index is 12.7. The molecule has 0 radical (unpaired) electrons. The van der Waals surface area contributed by atoms with Gasteiger partial charge in [-0.25, -0.2) is 4.98 Å². The lowest BCUT2D eigenvalue weighted by Gasteiger charge is -2.36. The van der Waals surface area contributed by atoms with Crippen molar-refractivity contribution in [3.05, 3.63) is 74.6 Å². The summed E-state index contributed by atoms with van der Waals surface area (Å²) in [4.78, 5) is 47.4. The Morgan fingerprint density at radius 2 is 1.97 bits per heavy atom. The number of H-pyrrole nitrogens is 1. The van der Waals surface area contributed by atoms with Crippen LogP contribution in [0.2, 0.25) is 5.02 Å². The number of aromatic amines is 1. The molecule has 2 N–H and O–H groups in total. The zero-order valence-electron chi connectivity index (χ0n) is 16.5. The first-order chi connectivity index (χ1) is 15.0. The number of hydrogen-bond donors (Lipinski definition) is 2. The number of anilines is 2. The van der Waals surface area contributed by atoms with E-state index < -0.39 is 11.5 Å². The zero-order chi connectivity index (χ0) is 21.8. The van der Waals surface area contributed by atoms with Crippen molar-refractivity contribution in [3.63, 3.8) is 0 Å². The molecule has 0 unspecified atom stereocenters. The van der Waals surface area contributed by atoms with E-state index in [-0.39, 0.29) is 17.9 Å². The van der Waals surface area contributed by atoms with E-state index in [1.54, 1.807) is 11.4 Å². The lowest BCUT2D eigenvalue weighted by molar-refractivity contribution is -0.130. The van der Waals surface area contributed by atoms with E-state index in [9.17, 15) is 14.4 Å². The van der Waals surface area contributed by atoms with Gasteiger partial charge in [0.25, 0.3) is 11.5 Å². The summed E-state index contributed by atoms with van der Waals surface area (Å²) in [6.45, 7) is 2.71. The molecule has 2 amide bonds. The molecule has 0 bridgehead atoms. The molecule has 0 aliphatic carbocycles. The number of benzene rings is 1. The van der Waals surface area contributed by atoms with Crippen molar-refractivity contribution in [1.82, 2.24) is 14.9 Å². The summed E-state index contributed by atoms with van der Waals surface area (Å²) in [7, 11) is 0. The largest absolute Gasteiger partial charge is 0.368 e. The van der Waals surface area contributed by atoms with E-state index in [1.165, 1.54) is 23.6 Å². The standard InChI is InChI=1S/C21H20ClN5O3S/c22-14-3-1-4-16(11-14)26-7-9-27(10-8-26)18(28)12-15-13-31-21(24-15)25-20(30)17-5-2-6-23-19(17)29/h1-6,11,13H,7-10,12H2,(H,23,29)(H,24,25,30). The highest BCUT2D eigenvalue weighted by Gasteiger charge is 2.22. The minimum Gasteiger partial charge on any atom is -0.368 e. The molecule has 2 aromatic heterocycles. The number of nitrogens with zero attached hydrogens (tertiary/aromatic N) is 3. The fourth-order valence-electron chi connectivity index (χ4n) is 3.36. The van der Waals surface area contributed by atoms with E-state index in [0.29, 0.717) is 28.9 Å². The Bertz CT molecular complexity index is 1150. The lowest BCUT2D eigenvalue weighted by Crippen LogP contribution is -2.49. The summed E-state index contributed by atoms with van der Waals surface area (Å²) in [5, 5.41) is 5.39. The van der Waals surface area contributed by atoms with E-state index >= 15 is 0 Å². The normalized spacial score (nSPS) is 13.8. The molecule has 0 saturated carbocycles. The fraction of sp³-hybridized carbons (Fsp3) is 0.238. The number of thiazole rings is 1. The number of halogens is 1. The molecular formula is C21H20ClN5O3S. The molecule has 160 valence electrons. The van der Waals surface area contributed by atoms with Crippen molar-refractivity contribution in [2.75, 3.05) is 36.4 Å². The van der Waals surface area contributed by atoms with Crippen molar-refractivity contribution >= 4 is 45.6 Å². The van der Waals surface area contributed by atoms with Gasteiger partial charge in [-0.3, -0.25) is 19.7 Å². The van der Waals surface area contributed by atoms with Crippen molar-refractivity contribution in [3.8, 4) is 0 Å². The number of nitrogens with one attached hydrogen (secondary N) is 2. The van der Waals surface area contributed by atoms with Crippen molar-refractivity contribution in [2.45, 2.75) is 6.42 Å². The number of carbonyl (C=O) groups excluding carboxylic acids is 2. The Hall–Kier alpha value is -3.17. The smallest absolute Gasteiger partial charge is 0.263 e. The number of amides is 2. The molecule has 1 aliphatic rings. The molecule has 1 aliphatic heterocycles. The lowest BCUT2D eigenvalue weighted by atomic mass is 10.2. The molecule has 31 heavy (non-hydrogen) atoms. The predicted octanol–water partition coefficient (Wildman–Crippen LogP) is 2.63. The highest BCUT2D eigenvalue weighted by molar-refractivity contribution is 7.14. The quantitative estimate of drug-likeness (QED) is 0.613. The molecule has 0 spiro atoms. The Kier molecular flexibility index (Phi) is 6.34. The second-order valence-corrected chi connectivity index (χ2v) is 8.33.